The Bertz CT molecular complexity index is 1620. The molecule has 0 aliphatic rings. The third-order valence-electron chi connectivity index (χ3n) is 6.61. The van der Waals surface area contributed by atoms with Gasteiger partial charge in [-0.1, -0.05) is 17.7 Å². The van der Waals surface area contributed by atoms with Crippen molar-refractivity contribution in [3.8, 4) is 22.6 Å². The van der Waals surface area contributed by atoms with E-state index in [1.165, 1.54) is 49.2 Å². The Hall–Kier alpha value is -3.83. The smallest absolute Gasteiger partial charge is 0.422 e. The van der Waals surface area contributed by atoms with E-state index in [0.29, 0.717) is 0 Å². The van der Waals surface area contributed by atoms with Crippen LogP contribution in [0, 0.1) is 0 Å². The number of benzene rings is 2. The summed E-state index contributed by atoms with van der Waals surface area (Å²) in [6.45, 7) is 0.256. The van der Waals surface area contributed by atoms with Gasteiger partial charge in [0.2, 0.25) is 0 Å². The molecule has 0 saturated carbocycles. The van der Waals surface area contributed by atoms with Crippen molar-refractivity contribution in [2.24, 2.45) is 7.05 Å². The second-order valence-electron chi connectivity index (χ2n) is 9.68. The summed E-state index contributed by atoms with van der Waals surface area (Å²) in [4.78, 5) is 27.2. The molecule has 4 aromatic rings. The van der Waals surface area contributed by atoms with Crippen LogP contribution in [0.15, 0.2) is 59.7 Å². The van der Waals surface area contributed by atoms with Crippen LogP contribution < -0.4 is 15.0 Å². The van der Waals surface area contributed by atoms with E-state index in [0.717, 1.165) is 16.5 Å². The summed E-state index contributed by atoms with van der Waals surface area (Å²) in [6.07, 6.45) is -1.46. The molecule has 8 nitrogen and oxygen atoms in total. The number of aromatic nitrogens is 3. The second kappa shape index (κ2) is 12.4. The highest BCUT2D eigenvalue weighted by atomic mass is 35.5. The van der Waals surface area contributed by atoms with Gasteiger partial charge >= 0.3 is 6.18 Å². The van der Waals surface area contributed by atoms with Crippen LogP contribution in [0.3, 0.4) is 0 Å². The van der Waals surface area contributed by atoms with E-state index in [2.05, 4.69) is 5.10 Å². The van der Waals surface area contributed by atoms with Gasteiger partial charge in [-0.15, -0.1) is 0 Å². The van der Waals surface area contributed by atoms with Crippen LogP contribution in [0.1, 0.15) is 24.9 Å². The maximum atomic E-state index is 13.7. The van der Waals surface area contributed by atoms with E-state index in [9.17, 15) is 22.8 Å². The molecule has 4 rings (SSSR count). The lowest BCUT2D eigenvalue weighted by Gasteiger charge is -2.23. The van der Waals surface area contributed by atoms with Gasteiger partial charge in [0.05, 0.1) is 31.0 Å². The van der Waals surface area contributed by atoms with Gasteiger partial charge in [0.25, 0.3) is 5.56 Å². The Morgan fingerprint density at radius 2 is 1.78 bits per heavy atom. The fourth-order valence-electron chi connectivity index (χ4n) is 4.58. The molecular weight excluding hydrogens is 563 g/mol. The summed E-state index contributed by atoms with van der Waals surface area (Å²) in [6, 6.07) is 9.88. The SMILES string of the molecule is COc1cn(C(C[C@H](C)OC)C(=O)Cc2ccc3nn(C)cc3c2)c(=O)cc1-c1cc(Cl)ccc1OCC(F)(F)F. The quantitative estimate of drug-likeness (QED) is 0.220. The van der Waals surface area contributed by atoms with Gasteiger partial charge < -0.3 is 18.8 Å². The van der Waals surface area contributed by atoms with Crippen LogP contribution in [-0.4, -0.2) is 53.2 Å². The Labute approximate surface area is 239 Å². The molecule has 0 amide bonds. The lowest BCUT2D eigenvalue weighted by atomic mass is 9.97. The van der Waals surface area contributed by atoms with Crippen molar-refractivity contribution in [2.45, 2.75) is 38.1 Å². The van der Waals surface area contributed by atoms with E-state index in [1.54, 1.807) is 11.6 Å². The second-order valence-corrected chi connectivity index (χ2v) is 10.1. The zero-order chi connectivity index (χ0) is 29.9. The lowest BCUT2D eigenvalue weighted by molar-refractivity contribution is -0.153. The number of Topliss-reactive ketones (excluding diaryl/α,β-unsaturated/α-hetero) is 1. The van der Waals surface area contributed by atoms with E-state index in [1.807, 2.05) is 31.4 Å². The zero-order valence-corrected chi connectivity index (χ0v) is 23.6. The number of ether oxygens (including phenoxy) is 3. The van der Waals surface area contributed by atoms with Gasteiger partial charge in [-0.2, -0.15) is 18.3 Å². The number of pyridine rings is 1. The summed E-state index contributed by atoms with van der Waals surface area (Å²) >= 11 is 6.14. The summed E-state index contributed by atoms with van der Waals surface area (Å²) in [5.74, 6) is -0.219. The highest BCUT2D eigenvalue weighted by molar-refractivity contribution is 6.31. The molecule has 0 aliphatic carbocycles. The first-order valence-corrected chi connectivity index (χ1v) is 13.0. The van der Waals surface area contributed by atoms with E-state index < -0.39 is 24.4 Å². The number of carbonyl (C=O) groups is 1. The fraction of sp³-hybridized carbons (Fsp3) is 0.345. The molecule has 2 atom stereocenters. The molecule has 12 heteroatoms. The topological polar surface area (TPSA) is 84.6 Å². The van der Waals surface area contributed by atoms with Crippen LogP contribution in [0.25, 0.3) is 22.0 Å². The molecule has 2 heterocycles. The summed E-state index contributed by atoms with van der Waals surface area (Å²) in [5.41, 5.74) is 1.30. The van der Waals surface area contributed by atoms with Gasteiger partial charge in [-0.25, -0.2) is 0 Å². The van der Waals surface area contributed by atoms with Crippen molar-refractivity contribution in [1.82, 2.24) is 14.3 Å². The fourth-order valence-corrected chi connectivity index (χ4v) is 4.75. The first-order chi connectivity index (χ1) is 19.4. The van der Waals surface area contributed by atoms with Crippen molar-refractivity contribution in [3.05, 3.63) is 75.8 Å². The number of methoxy groups -OCH3 is 2. The van der Waals surface area contributed by atoms with Crippen molar-refractivity contribution in [2.75, 3.05) is 20.8 Å². The van der Waals surface area contributed by atoms with Crippen LogP contribution in [-0.2, 0) is 23.0 Å². The zero-order valence-electron chi connectivity index (χ0n) is 22.9. The summed E-state index contributed by atoms with van der Waals surface area (Å²) < 4.78 is 57.5. The van der Waals surface area contributed by atoms with Crippen molar-refractivity contribution in [1.29, 1.82) is 0 Å². The number of nitrogens with zero attached hydrogens (tertiary/aromatic N) is 3. The van der Waals surface area contributed by atoms with Gasteiger partial charge in [0, 0.05) is 60.8 Å². The Balaban J connectivity index is 1.74. The first kappa shape index (κ1) is 30.1. The Morgan fingerprint density at radius 3 is 2.46 bits per heavy atom. The molecule has 218 valence electrons. The van der Waals surface area contributed by atoms with E-state index in [-0.39, 0.29) is 52.4 Å². The average molecular weight is 592 g/mol. The van der Waals surface area contributed by atoms with Gasteiger partial charge in [-0.3, -0.25) is 14.3 Å². The molecule has 0 fully saturated rings. The summed E-state index contributed by atoms with van der Waals surface area (Å²) in [5, 5.41) is 5.45. The maximum Gasteiger partial charge on any atom is 0.422 e. The molecule has 41 heavy (non-hydrogen) atoms. The monoisotopic (exact) mass is 591 g/mol. The van der Waals surface area contributed by atoms with Crippen LogP contribution in [0.2, 0.25) is 5.02 Å². The minimum absolute atomic E-state index is 0.0478. The van der Waals surface area contributed by atoms with Crippen LogP contribution >= 0.6 is 11.6 Å². The Kier molecular flexibility index (Phi) is 9.08. The molecule has 0 spiro atoms. The predicted octanol–water partition coefficient (Wildman–Crippen LogP) is 5.78. The number of aryl methyl sites for hydroxylation is 1. The average Bonchev–Trinajstić information content (AvgIpc) is 3.29. The number of ketones is 1. The van der Waals surface area contributed by atoms with Crippen molar-refractivity contribution >= 4 is 28.3 Å². The van der Waals surface area contributed by atoms with E-state index in [4.69, 9.17) is 25.8 Å². The molecule has 0 N–H and O–H groups in total. The number of alkyl halides is 3. The highest BCUT2D eigenvalue weighted by Crippen LogP contribution is 2.38. The number of hydrogen-bond donors (Lipinski definition) is 0. The Morgan fingerprint density at radius 1 is 1.05 bits per heavy atom. The van der Waals surface area contributed by atoms with Gasteiger partial charge in [0.1, 0.15) is 11.5 Å². The molecule has 2 aromatic heterocycles. The number of carbonyl (C=O) groups excluding carboxylic acids is 1. The molecular formula is C29H29ClF3N3O5. The molecule has 0 radical (unpaired) electrons. The van der Waals surface area contributed by atoms with Crippen LogP contribution in [0.5, 0.6) is 11.5 Å². The maximum absolute atomic E-state index is 13.7. The minimum Gasteiger partial charge on any atom is -0.495 e. The number of hydrogen-bond acceptors (Lipinski definition) is 6. The standard InChI is InChI=1S/C29H29ClF3N3O5/c1-17(39-3)9-24(25(37)11-18-5-7-23-19(10-18)14-35(2)34-23)36-15-27(40-4)22(13-28(36)38)21-12-20(30)6-8-26(21)41-16-29(31,32)33/h5-8,10,12-15,17,24H,9,11,16H2,1-4H3/t17-,24?/m0/s1. The third-order valence-corrected chi connectivity index (χ3v) is 6.85. The number of fused-ring (bicyclic) bond motifs is 1. The lowest BCUT2D eigenvalue weighted by Crippen LogP contribution is -2.33. The predicted molar refractivity (Wildman–Crippen MR) is 149 cm³/mol. The largest absolute Gasteiger partial charge is 0.495 e. The summed E-state index contributed by atoms with van der Waals surface area (Å²) in [7, 11) is 4.67. The highest BCUT2D eigenvalue weighted by Gasteiger charge is 2.30. The normalized spacial score (nSPS) is 13.3. The molecule has 0 aliphatic heterocycles. The van der Waals surface area contributed by atoms with Gasteiger partial charge in [-0.05, 0) is 42.8 Å². The first-order valence-electron chi connectivity index (χ1n) is 12.7. The van der Waals surface area contributed by atoms with Crippen LogP contribution in [0.4, 0.5) is 13.2 Å². The molecule has 1 unspecified atom stereocenters. The minimum atomic E-state index is -4.57. The number of rotatable bonds is 11. The number of halogens is 4. The molecule has 0 bridgehead atoms. The third kappa shape index (κ3) is 7.28. The van der Waals surface area contributed by atoms with Crippen molar-refractivity contribution < 1.29 is 32.2 Å². The van der Waals surface area contributed by atoms with E-state index >= 15 is 0 Å². The van der Waals surface area contributed by atoms with Crippen molar-refractivity contribution in [3.63, 3.8) is 0 Å². The molecule has 2 aromatic carbocycles. The van der Waals surface area contributed by atoms with Gasteiger partial charge in [0.15, 0.2) is 12.4 Å². The molecule has 0 saturated heterocycles.